The Morgan fingerprint density at radius 2 is 1.89 bits per heavy atom. The van der Waals surface area contributed by atoms with E-state index in [4.69, 9.17) is 0 Å². The normalized spacial score (nSPS) is 31.9. The van der Waals surface area contributed by atoms with Crippen LogP contribution in [0, 0.1) is 0 Å². The van der Waals surface area contributed by atoms with Gasteiger partial charge in [-0.15, -0.1) is 0 Å². The van der Waals surface area contributed by atoms with Crippen LogP contribution in [0.25, 0.3) is 0 Å². The zero-order valence-corrected chi connectivity index (χ0v) is 11.5. The van der Waals surface area contributed by atoms with Crippen molar-refractivity contribution in [1.29, 1.82) is 0 Å². The fourth-order valence-electron chi connectivity index (χ4n) is 3.05. The zero-order chi connectivity index (χ0) is 12.4. The Morgan fingerprint density at radius 3 is 2.72 bits per heavy atom. The SMILES string of the molecule is OC1CCC(NC2CSCc3ccccc32)CC1. The molecule has 0 amide bonds. The second-order valence-electron chi connectivity index (χ2n) is 5.44. The number of fused-ring (bicyclic) bond motifs is 1. The number of hydrogen-bond acceptors (Lipinski definition) is 3. The summed E-state index contributed by atoms with van der Waals surface area (Å²) in [5, 5.41) is 13.4. The molecular weight excluding hydrogens is 242 g/mol. The molecule has 0 radical (unpaired) electrons. The number of rotatable bonds is 2. The molecule has 0 bridgehead atoms. The largest absolute Gasteiger partial charge is 0.393 e. The summed E-state index contributed by atoms with van der Waals surface area (Å²) >= 11 is 2.02. The van der Waals surface area contributed by atoms with Crippen molar-refractivity contribution in [3.05, 3.63) is 35.4 Å². The third-order valence-corrected chi connectivity index (χ3v) is 5.19. The van der Waals surface area contributed by atoms with E-state index in [1.165, 1.54) is 16.9 Å². The molecule has 1 aliphatic heterocycles. The molecule has 1 aliphatic carbocycles. The van der Waals surface area contributed by atoms with Gasteiger partial charge >= 0.3 is 0 Å². The van der Waals surface area contributed by atoms with Crippen LogP contribution >= 0.6 is 11.8 Å². The van der Waals surface area contributed by atoms with Crippen molar-refractivity contribution in [1.82, 2.24) is 5.32 Å². The van der Waals surface area contributed by atoms with Crippen LogP contribution in [0.5, 0.6) is 0 Å². The highest BCUT2D eigenvalue weighted by molar-refractivity contribution is 7.98. The van der Waals surface area contributed by atoms with E-state index in [9.17, 15) is 5.11 Å². The van der Waals surface area contributed by atoms with Crippen molar-refractivity contribution in [2.75, 3.05) is 5.75 Å². The van der Waals surface area contributed by atoms with Gasteiger partial charge in [-0.1, -0.05) is 24.3 Å². The molecule has 1 fully saturated rings. The van der Waals surface area contributed by atoms with E-state index in [1.807, 2.05) is 11.8 Å². The Kier molecular flexibility index (Phi) is 3.92. The Hall–Kier alpha value is -0.510. The fourth-order valence-corrected chi connectivity index (χ4v) is 4.16. The predicted molar refractivity (Wildman–Crippen MR) is 76.7 cm³/mol. The van der Waals surface area contributed by atoms with Crippen LogP contribution in [0.3, 0.4) is 0 Å². The lowest BCUT2D eigenvalue weighted by Crippen LogP contribution is -2.39. The number of aliphatic hydroxyl groups is 1. The summed E-state index contributed by atoms with van der Waals surface area (Å²) in [7, 11) is 0. The average molecular weight is 263 g/mol. The van der Waals surface area contributed by atoms with Gasteiger partial charge in [0, 0.05) is 23.6 Å². The summed E-state index contributed by atoms with van der Waals surface area (Å²) in [6.45, 7) is 0. The van der Waals surface area contributed by atoms with E-state index in [0.717, 1.165) is 31.4 Å². The summed E-state index contributed by atoms with van der Waals surface area (Å²) in [5.41, 5.74) is 2.98. The number of thioether (sulfide) groups is 1. The first-order chi connectivity index (χ1) is 8.83. The first kappa shape index (κ1) is 12.5. The van der Waals surface area contributed by atoms with Crippen molar-refractivity contribution in [2.24, 2.45) is 0 Å². The van der Waals surface area contributed by atoms with Crippen LogP contribution in [0.15, 0.2) is 24.3 Å². The Morgan fingerprint density at radius 1 is 1.11 bits per heavy atom. The highest BCUT2D eigenvalue weighted by Crippen LogP contribution is 2.32. The molecule has 1 saturated carbocycles. The lowest BCUT2D eigenvalue weighted by atomic mass is 9.91. The van der Waals surface area contributed by atoms with E-state index in [0.29, 0.717) is 12.1 Å². The molecule has 18 heavy (non-hydrogen) atoms. The summed E-state index contributed by atoms with van der Waals surface area (Å²) in [4.78, 5) is 0. The highest BCUT2D eigenvalue weighted by Gasteiger charge is 2.25. The minimum atomic E-state index is -0.0592. The number of nitrogens with one attached hydrogen (secondary N) is 1. The van der Waals surface area contributed by atoms with E-state index in [2.05, 4.69) is 29.6 Å². The third-order valence-electron chi connectivity index (χ3n) is 4.11. The van der Waals surface area contributed by atoms with Gasteiger partial charge in [0.1, 0.15) is 0 Å². The first-order valence-electron chi connectivity index (χ1n) is 6.92. The van der Waals surface area contributed by atoms with Crippen molar-refractivity contribution in [3.8, 4) is 0 Å². The molecule has 0 saturated heterocycles. The third kappa shape index (κ3) is 2.73. The van der Waals surface area contributed by atoms with E-state index < -0.39 is 0 Å². The molecule has 3 rings (SSSR count). The van der Waals surface area contributed by atoms with Crippen LogP contribution in [0.1, 0.15) is 42.9 Å². The van der Waals surface area contributed by atoms with Gasteiger partial charge in [-0.3, -0.25) is 0 Å². The molecule has 2 aliphatic rings. The van der Waals surface area contributed by atoms with Crippen LogP contribution in [-0.2, 0) is 5.75 Å². The van der Waals surface area contributed by atoms with Gasteiger partial charge in [-0.2, -0.15) is 11.8 Å². The molecule has 1 atom stereocenters. The second kappa shape index (κ2) is 5.64. The molecule has 1 aromatic carbocycles. The van der Waals surface area contributed by atoms with Gasteiger partial charge in [0.15, 0.2) is 0 Å². The predicted octanol–water partition coefficient (Wildman–Crippen LogP) is 2.87. The second-order valence-corrected chi connectivity index (χ2v) is 6.47. The van der Waals surface area contributed by atoms with Crippen LogP contribution in [0.2, 0.25) is 0 Å². The molecule has 1 aromatic rings. The molecule has 98 valence electrons. The summed E-state index contributed by atoms with van der Waals surface area (Å²) in [5.74, 6) is 2.33. The molecule has 3 heteroatoms. The molecule has 2 N–H and O–H groups in total. The lowest BCUT2D eigenvalue weighted by molar-refractivity contribution is 0.114. The summed E-state index contributed by atoms with van der Waals surface area (Å²) in [6.07, 6.45) is 4.09. The van der Waals surface area contributed by atoms with E-state index >= 15 is 0 Å². The molecule has 0 aromatic heterocycles. The molecule has 0 spiro atoms. The summed E-state index contributed by atoms with van der Waals surface area (Å²) < 4.78 is 0. The zero-order valence-electron chi connectivity index (χ0n) is 10.6. The average Bonchev–Trinajstić information content (AvgIpc) is 2.42. The molecule has 2 nitrogen and oxygen atoms in total. The van der Waals surface area contributed by atoms with Crippen molar-refractivity contribution in [2.45, 2.75) is 49.6 Å². The maximum atomic E-state index is 9.56. The monoisotopic (exact) mass is 263 g/mol. The van der Waals surface area contributed by atoms with Gasteiger partial charge in [-0.25, -0.2) is 0 Å². The minimum absolute atomic E-state index is 0.0592. The standard InChI is InChI=1S/C15H21NOS/c17-13-7-5-12(6-8-13)16-15-10-18-9-11-3-1-2-4-14(11)15/h1-4,12-13,15-17H,5-10H2. The number of aliphatic hydroxyl groups excluding tert-OH is 1. The molecule has 1 unspecified atom stereocenters. The number of hydrogen-bond donors (Lipinski definition) is 2. The van der Waals surface area contributed by atoms with Crippen molar-refractivity contribution >= 4 is 11.8 Å². The minimum Gasteiger partial charge on any atom is -0.393 e. The molecule has 1 heterocycles. The Labute approximate surface area is 113 Å². The van der Waals surface area contributed by atoms with Crippen molar-refractivity contribution in [3.63, 3.8) is 0 Å². The smallest absolute Gasteiger partial charge is 0.0541 e. The topological polar surface area (TPSA) is 32.3 Å². The van der Waals surface area contributed by atoms with E-state index in [1.54, 1.807) is 0 Å². The number of benzene rings is 1. The lowest BCUT2D eigenvalue weighted by Gasteiger charge is -2.33. The maximum Gasteiger partial charge on any atom is 0.0541 e. The fraction of sp³-hybridized carbons (Fsp3) is 0.600. The molecular formula is C15H21NOS. The van der Waals surface area contributed by atoms with Gasteiger partial charge in [-0.05, 0) is 36.8 Å². The Balaban J connectivity index is 1.67. The van der Waals surface area contributed by atoms with Gasteiger partial charge in [0.05, 0.1) is 6.10 Å². The van der Waals surface area contributed by atoms with Crippen LogP contribution in [0.4, 0.5) is 0 Å². The van der Waals surface area contributed by atoms with Gasteiger partial charge in [0.2, 0.25) is 0 Å². The van der Waals surface area contributed by atoms with Crippen molar-refractivity contribution < 1.29 is 5.11 Å². The first-order valence-corrected chi connectivity index (χ1v) is 8.08. The maximum absolute atomic E-state index is 9.56. The van der Waals surface area contributed by atoms with E-state index in [-0.39, 0.29) is 6.10 Å². The van der Waals surface area contributed by atoms with Gasteiger partial charge < -0.3 is 10.4 Å². The Bertz CT molecular complexity index is 401. The van der Waals surface area contributed by atoms with Crippen LogP contribution in [-0.4, -0.2) is 23.0 Å². The highest BCUT2D eigenvalue weighted by atomic mass is 32.2. The summed E-state index contributed by atoms with van der Waals surface area (Å²) in [6, 6.07) is 9.89. The van der Waals surface area contributed by atoms with Crippen LogP contribution < -0.4 is 5.32 Å². The quantitative estimate of drug-likeness (QED) is 0.860. The van der Waals surface area contributed by atoms with Gasteiger partial charge in [0.25, 0.3) is 0 Å².